The summed E-state index contributed by atoms with van der Waals surface area (Å²) in [7, 11) is -2.03. The van der Waals surface area contributed by atoms with Gasteiger partial charge < -0.3 is 0 Å². The van der Waals surface area contributed by atoms with E-state index in [9.17, 15) is 8.42 Å². The van der Waals surface area contributed by atoms with Crippen LogP contribution in [0, 0.1) is 6.92 Å². The molecule has 0 atom stereocenters. The fraction of sp³-hybridized carbons (Fsp3) is 0.400. The number of sulfonamides is 1. The maximum Gasteiger partial charge on any atom is 0.291 e. The Morgan fingerprint density at radius 1 is 1.14 bits per heavy atom. The molecule has 1 aromatic heterocycles. The Kier molecular flexibility index (Phi) is 4.13. The molecule has 0 unspecified atom stereocenters. The van der Waals surface area contributed by atoms with Crippen molar-refractivity contribution in [2.45, 2.75) is 37.4 Å². The lowest BCUT2D eigenvalue weighted by Gasteiger charge is -2.22. The van der Waals surface area contributed by atoms with Crippen LogP contribution in [-0.2, 0) is 15.4 Å². The topological polar surface area (TPSA) is 50.3 Å². The minimum Gasteiger partial charge on any atom is -0.267 e. The molecule has 21 heavy (non-hydrogen) atoms. The quantitative estimate of drug-likeness (QED) is 0.867. The highest BCUT2D eigenvalue weighted by molar-refractivity contribution is 7.94. The van der Waals surface area contributed by atoms with Crippen LogP contribution >= 0.6 is 11.3 Å². The first-order chi connectivity index (χ1) is 9.62. The van der Waals surface area contributed by atoms with Gasteiger partial charge >= 0.3 is 0 Å². The second kappa shape index (κ2) is 5.42. The van der Waals surface area contributed by atoms with E-state index in [2.05, 4.69) is 25.8 Å². The molecule has 1 heterocycles. The summed E-state index contributed by atoms with van der Waals surface area (Å²) in [4.78, 5) is 4.07. The molecule has 0 bridgehead atoms. The summed E-state index contributed by atoms with van der Waals surface area (Å²) in [6.07, 6.45) is 0. The van der Waals surface area contributed by atoms with Crippen molar-refractivity contribution in [1.29, 1.82) is 0 Å². The highest BCUT2D eigenvalue weighted by Crippen LogP contribution is 2.27. The van der Waals surface area contributed by atoms with Crippen molar-refractivity contribution >= 4 is 27.0 Å². The predicted octanol–water partition coefficient (Wildman–Crippen LogP) is 3.57. The maximum atomic E-state index is 12.5. The van der Waals surface area contributed by atoms with E-state index >= 15 is 0 Å². The standard InChI is InChI=1S/C15H20N2O2S2/c1-11-10-20-14(16-11)21(18,19)17(5)13-8-6-12(7-9-13)15(2,3)4/h6-10H,1-5H3. The normalized spacial score (nSPS) is 12.4. The van der Waals surface area contributed by atoms with Crippen molar-refractivity contribution in [2.24, 2.45) is 0 Å². The number of rotatable bonds is 3. The van der Waals surface area contributed by atoms with Gasteiger partial charge in [-0.1, -0.05) is 32.9 Å². The van der Waals surface area contributed by atoms with E-state index < -0.39 is 10.0 Å². The average Bonchev–Trinajstić information content (AvgIpc) is 2.84. The van der Waals surface area contributed by atoms with Crippen LogP contribution in [0.15, 0.2) is 34.0 Å². The van der Waals surface area contributed by atoms with Crippen LogP contribution in [0.1, 0.15) is 32.0 Å². The van der Waals surface area contributed by atoms with Crippen LogP contribution in [0.5, 0.6) is 0 Å². The molecular weight excluding hydrogens is 304 g/mol. The van der Waals surface area contributed by atoms with E-state index in [0.29, 0.717) is 5.69 Å². The molecule has 114 valence electrons. The Morgan fingerprint density at radius 2 is 1.71 bits per heavy atom. The van der Waals surface area contributed by atoms with E-state index in [1.165, 1.54) is 9.87 Å². The zero-order valence-electron chi connectivity index (χ0n) is 12.9. The molecule has 0 fully saturated rings. The van der Waals surface area contributed by atoms with Crippen molar-refractivity contribution < 1.29 is 8.42 Å². The molecule has 0 aliphatic rings. The molecule has 0 N–H and O–H groups in total. The Bertz CT molecular complexity index is 726. The van der Waals surface area contributed by atoms with Crippen LogP contribution in [0.2, 0.25) is 0 Å². The lowest BCUT2D eigenvalue weighted by atomic mass is 9.87. The second-order valence-corrected chi connectivity index (χ2v) is 9.03. The first kappa shape index (κ1) is 16.0. The Morgan fingerprint density at radius 3 is 2.14 bits per heavy atom. The number of hydrogen-bond acceptors (Lipinski definition) is 4. The Labute approximate surface area is 130 Å². The smallest absolute Gasteiger partial charge is 0.267 e. The fourth-order valence-electron chi connectivity index (χ4n) is 1.88. The van der Waals surface area contributed by atoms with Crippen molar-refractivity contribution in [3.63, 3.8) is 0 Å². The van der Waals surface area contributed by atoms with Gasteiger partial charge in [-0.3, -0.25) is 4.31 Å². The maximum absolute atomic E-state index is 12.5. The summed E-state index contributed by atoms with van der Waals surface area (Å²) in [5.41, 5.74) is 2.57. The van der Waals surface area contributed by atoms with Gasteiger partial charge in [0.1, 0.15) is 0 Å². The van der Waals surface area contributed by atoms with Crippen LogP contribution in [-0.4, -0.2) is 20.4 Å². The van der Waals surface area contributed by atoms with Crippen LogP contribution in [0.3, 0.4) is 0 Å². The second-order valence-electron chi connectivity index (χ2n) is 6.02. The number of hydrogen-bond donors (Lipinski definition) is 0. The Balaban J connectivity index is 2.34. The molecule has 0 saturated carbocycles. The summed E-state index contributed by atoms with van der Waals surface area (Å²) < 4.78 is 26.4. The van der Waals surface area contributed by atoms with Gasteiger partial charge in [-0.05, 0) is 30.0 Å². The SMILES string of the molecule is Cc1csc(S(=O)(=O)N(C)c2ccc(C(C)(C)C)cc2)n1. The predicted molar refractivity (Wildman–Crippen MR) is 87.6 cm³/mol. The molecule has 0 radical (unpaired) electrons. The van der Waals surface area contributed by atoms with E-state index in [1.807, 2.05) is 24.3 Å². The van der Waals surface area contributed by atoms with Gasteiger partial charge in [-0.2, -0.15) is 8.42 Å². The first-order valence-corrected chi connectivity index (χ1v) is 8.96. The molecule has 1 aromatic carbocycles. The lowest BCUT2D eigenvalue weighted by Crippen LogP contribution is -2.26. The minimum absolute atomic E-state index is 0.0440. The summed E-state index contributed by atoms with van der Waals surface area (Å²) in [5.74, 6) is 0. The van der Waals surface area contributed by atoms with Gasteiger partial charge in [0.25, 0.3) is 10.0 Å². The van der Waals surface area contributed by atoms with Crippen LogP contribution < -0.4 is 4.31 Å². The van der Waals surface area contributed by atoms with Gasteiger partial charge in [0, 0.05) is 18.1 Å². The van der Waals surface area contributed by atoms with E-state index in [0.717, 1.165) is 17.0 Å². The number of thiazole rings is 1. The summed E-state index contributed by atoms with van der Waals surface area (Å²) in [6, 6.07) is 7.60. The highest BCUT2D eigenvalue weighted by atomic mass is 32.2. The number of aromatic nitrogens is 1. The van der Waals surface area contributed by atoms with Crippen molar-refractivity contribution in [3.8, 4) is 0 Å². The summed E-state index contributed by atoms with van der Waals surface area (Å²) in [6.45, 7) is 8.16. The fourth-order valence-corrected chi connectivity index (χ4v) is 4.26. The van der Waals surface area contributed by atoms with Crippen molar-refractivity contribution in [1.82, 2.24) is 4.98 Å². The third kappa shape index (κ3) is 3.27. The van der Waals surface area contributed by atoms with Gasteiger partial charge in [-0.25, -0.2) is 4.98 Å². The number of benzene rings is 1. The molecule has 2 rings (SSSR count). The zero-order chi connectivity index (χ0) is 15.8. The van der Waals surface area contributed by atoms with Crippen molar-refractivity contribution in [2.75, 3.05) is 11.4 Å². The zero-order valence-corrected chi connectivity index (χ0v) is 14.5. The molecule has 4 nitrogen and oxygen atoms in total. The van der Waals surface area contributed by atoms with E-state index in [-0.39, 0.29) is 9.75 Å². The van der Waals surface area contributed by atoms with Crippen LogP contribution in [0.25, 0.3) is 0 Å². The molecule has 0 spiro atoms. The Hall–Kier alpha value is -1.40. The van der Waals surface area contributed by atoms with Gasteiger partial charge in [-0.15, -0.1) is 11.3 Å². The molecule has 0 aliphatic carbocycles. The summed E-state index contributed by atoms with van der Waals surface area (Å²) >= 11 is 1.15. The number of aryl methyl sites for hydroxylation is 1. The van der Waals surface area contributed by atoms with Crippen LogP contribution in [0.4, 0.5) is 5.69 Å². The largest absolute Gasteiger partial charge is 0.291 e. The van der Waals surface area contributed by atoms with Gasteiger partial charge in [0.05, 0.1) is 5.69 Å². The van der Waals surface area contributed by atoms with Gasteiger partial charge in [0.2, 0.25) is 4.34 Å². The molecule has 0 aliphatic heterocycles. The third-order valence-corrected chi connectivity index (χ3v) is 6.41. The number of anilines is 1. The summed E-state index contributed by atoms with van der Waals surface area (Å²) in [5, 5.41) is 1.74. The average molecular weight is 324 g/mol. The van der Waals surface area contributed by atoms with Gasteiger partial charge in [0.15, 0.2) is 0 Å². The third-order valence-electron chi connectivity index (χ3n) is 3.28. The molecule has 2 aromatic rings. The number of nitrogens with zero attached hydrogens (tertiary/aromatic N) is 2. The lowest BCUT2D eigenvalue weighted by molar-refractivity contribution is 0.590. The molecular formula is C15H20N2O2S2. The first-order valence-electron chi connectivity index (χ1n) is 6.64. The van der Waals surface area contributed by atoms with E-state index in [1.54, 1.807) is 19.4 Å². The monoisotopic (exact) mass is 324 g/mol. The minimum atomic E-state index is -3.58. The molecule has 0 amide bonds. The van der Waals surface area contributed by atoms with E-state index in [4.69, 9.17) is 0 Å². The molecule has 6 heteroatoms. The van der Waals surface area contributed by atoms with Crippen molar-refractivity contribution in [3.05, 3.63) is 40.9 Å². The molecule has 0 saturated heterocycles. The highest BCUT2D eigenvalue weighted by Gasteiger charge is 2.25.